The van der Waals surface area contributed by atoms with Crippen molar-refractivity contribution in [3.8, 4) is 0 Å². The van der Waals surface area contributed by atoms with Gasteiger partial charge < -0.3 is 8.84 Å². The van der Waals surface area contributed by atoms with E-state index in [0.29, 0.717) is 6.61 Å². The molecule has 23 heavy (non-hydrogen) atoms. The molecule has 1 unspecified atom stereocenters. The van der Waals surface area contributed by atoms with E-state index >= 15 is 0 Å². The van der Waals surface area contributed by atoms with Crippen LogP contribution in [0.25, 0.3) is 0 Å². The highest BCUT2D eigenvalue weighted by molar-refractivity contribution is 6.69. The van der Waals surface area contributed by atoms with Crippen LogP contribution in [0.2, 0.25) is 19.6 Å². The summed E-state index contributed by atoms with van der Waals surface area (Å²) >= 11 is 0. The van der Waals surface area contributed by atoms with Crippen molar-refractivity contribution >= 4 is 8.32 Å². The standard InChI is InChI=1S/C19H29NO2Si/c1-6-17(19-13-12-15(2)22-19)20-18(14-21-23(3,4)5)16-10-8-7-9-11-16/h7-13,17-18,20H,6,14H2,1-5H3/t17?,18-/m0/s1. The molecule has 126 valence electrons. The van der Waals surface area contributed by atoms with Gasteiger partial charge in [0.1, 0.15) is 11.5 Å². The highest BCUT2D eigenvalue weighted by Gasteiger charge is 2.22. The van der Waals surface area contributed by atoms with E-state index < -0.39 is 8.32 Å². The summed E-state index contributed by atoms with van der Waals surface area (Å²) in [5.41, 5.74) is 1.26. The molecule has 1 aromatic carbocycles. The lowest BCUT2D eigenvalue weighted by molar-refractivity contribution is 0.238. The van der Waals surface area contributed by atoms with Crippen molar-refractivity contribution in [2.24, 2.45) is 0 Å². The Balaban J connectivity index is 2.15. The minimum absolute atomic E-state index is 0.165. The molecule has 2 atom stereocenters. The highest BCUT2D eigenvalue weighted by atomic mass is 28.4. The van der Waals surface area contributed by atoms with Crippen molar-refractivity contribution in [2.75, 3.05) is 6.61 Å². The van der Waals surface area contributed by atoms with Crippen molar-refractivity contribution in [1.29, 1.82) is 0 Å². The van der Waals surface area contributed by atoms with E-state index in [2.05, 4.69) is 62.2 Å². The number of benzene rings is 1. The maximum atomic E-state index is 6.18. The summed E-state index contributed by atoms with van der Waals surface area (Å²) in [5, 5.41) is 3.73. The first-order chi connectivity index (χ1) is 10.9. The predicted octanol–water partition coefficient (Wildman–Crippen LogP) is 5.22. The van der Waals surface area contributed by atoms with E-state index in [0.717, 1.165) is 17.9 Å². The zero-order chi connectivity index (χ0) is 16.9. The van der Waals surface area contributed by atoms with Gasteiger partial charge in [-0.05, 0) is 50.7 Å². The Morgan fingerprint density at radius 3 is 2.26 bits per heavy atom. The lowest BCUT2D eigenvalue weighted by atomic mass is 10.0. The van der Waals surface area contributed by atoms with Gasteiger partial charge in [-0.1, -0.05) is 37.3 Å². The number of rotatable bonds is 8. The average molecular weight is 332 g/mol. The van der Waals surface area contributed by atoms with E-state index in [9.17, 15) is 0 Å². The van der Waals surface area contributed by atoms with Gasteiger partial charge in [0, 0.05) is 0 Å². The van der Waals surface area contributed by atoms with Gasteiger partial charge in [0.25, 0.3) is 0 Å². The van der Waals surface area contributed by atoms with Crippen molar-refractivity contribution in [2.45, 2.75) is 52.0 Å². The van der Waals surface area contributed by atoms with Gasteiger partial charge in [0.2, 0.25) is 0 Å². The van der Waals surface area contributed by atoms with Crippen molar-refractivity contribution < 1.29 is 8.84 Å². The lowest BCUT2D eigenvalue weighted by Crippen LogP contribution is -2.34. The van der Waals surface area contributed by atoms with Crippen LogP contribution in [0.5, 0.6) is 0 Å². The first-order valence-electron chi connectivity index (χ1n) is 8.40. The molecular weight excluding hydrogens is 302 g/mol. The molecule has 2 rings (SSSR count). The Morgan fingerprint density at radius 1 is 1.04 bits per heavy atom. The molecule has 1 heterocycles. The van der Waals surface area contributed by atoms with Crippen LogP contribution in [-0.4, -0.2) is 14.9 Å². The van der Waals surface area contributed by atoms with E-state index in [1.165, 1.54) is 5.56 Å². The van der Waals surface area contributed by atoms with Crippen LogP contribution in [0.15, 0.2) is 46.9 Å². The Labute approximate surface area is 141 Å². The minimum Gasteiger partial charge on any atom is -0.465 e. The number of furan rings is 1. The number of nitrogens with one attached hydrogen (secondary N) is 1. The minimum atomic E-state index is -1.55. The number of hydrogen-bond acceptors (Lipinski definition) is 3. The summed E-state index contributed by atoms with van der Waals surface area (Å²) in [7, 11) is -1.55. The van der Waals surface area contributed by atoms with Crippen LogP contribution >= 0.6 is 0 Å². The second kappa shape index (κ2) is 7.95. The van der Waals surface area contributed by atoms with Crippen molar-refractivity contribution in [3.63, 3.8) is 0 Å². The van der Waals surface area contributed by atoms with E-state index in [1.54, 1.807) is 0 Å². The lowest BCUT2D eigenvalue weighted by Gasteiger charge is -2.27. The molecular formula is C19H29NO2Si. The highest BCUT2D eigenvalue weighted by Crippen LogP contribution is 2.25. The van der Waals surface area contributed by atoms with E-state index in [-0.39, 0.29) is 12.1 Å². The number of hydrogen-bond donors (Lipinski definition) is 1. The maximum absolute atomic E-state index is 6.18. The van der Waals surface area contributed by atoms with Gasteiger partial charge in [-0.15, -0.1) is 0 Å². The fraction of sp³-hybridized carbons (Fsp3) is 0.474. The first-order valence-corrected chi connectivity index (χ1v) is 11.8. The van der Waals surface area contributed by atoms with Gasteiger partial charge in [-0.3, -0.25) is 5.32 Å². The van der Waals surface area contributed by atoms with E-state index in [4.69, 9.17) is 8.84 Å². The molecule has 2 aromatic rings. The third-order valence-electron chi connectivity index (χ3n) is 3.80. The van der Waals surface area contributed by atoms with Crippen molar-refractivity contribution in [1.82, 2.24) is 5.32 Å². The van der Waals surface area contributed by atoms with Crippen LogP contribution in [0.1, 0.15) is 42.5 Å². The Hall–Kier alpha value is -1.36. The summed E-state index contributed by atoms with van der Waals surface area (Å²) in [5.74, 6) is 1.95. The molecule has 1 N–H and O–H groups in total. The van der Waals surface area contributed by atoms with Crippen LogP contribution in [0, 0.1) is 6.92 Å². The maximum Gasteiger partial charge on any atom is 0.183 e. The van der Waals surface area contributed by atoms with Crippen LogP contribution in [-0.2, 0) is 4.43 Å². The summed E-state index contributed by atoms with van der Waals surface area (Å²) in [4.78, 5) is 0. The van der Waals surface area contributed by atoms with Gasteiger partial charge in [-0.2, -0.15) is 0 Å². The predicted molar refractivity (Wildman–Crippen MR) is 98.1 cm³/mol. The summed E-state index contributed by atoms with van der Waals surface area (Å²) in [6.45, 7) is 11.5. The Morgan fingerprint density at radius 2 is 1.74 bits per heavy atom. The molecule has 4 heteroatoms. The van der Waals surface area contributed by atoms with Gasteiger partial charge in [0.15, 0.2) is 8.32 Å². The fourth-order valence-corrected chi connectivity index (χ4v) is 3.21. The summed E-state index contributed by atoms with van der Waals surface area (Å²) < 4.78 is 12.0. The smallest absolute Gasteiger partial charge is 0.183 e. The summed E-state index contributed by atoms with van der Waals surface area (Å²) in [6, 6.07) is 15.0. The SMILES string of the molecule is CCC(N[C@@H](CO[Si](C)(C)C)c1ccccc1)c1ccc(C)o1. The average Bonchev–Trinajstić information content (AvgIpc) is 2.94. The third kappa shape index (κ3) is 5.64. The molecule has 1 aromatic heterocycles. The second-order valence-electron chi connectivity index (χ2n) is 6.96. The normalized spacial score (nSPS) is 14.7. The summed E-state index contributed by atoms with van der Waals surface area (Å²) in [6.07, 6.45) is 0.975. The molecule has 3 nitrogen and oxygen atoms in total. The van der Waals surface area contributed by atoms with Gasteiger partial charge >= 0.3 is 0 Å². The molecule has 0 aliphatic carbocycles. The number of aryl methyl sites for hydroxylation is 1. The fourth-order valence-electron chi connectivity index (χ4n) is 2.54. The van der Waals surface area contributed by atoms with Crippen molar-refractivity contribution in [3.05, 3.63) is 59.5 Å². The van der Waals surface area contributed by atoms with E-state index in [1.807, 2.05) is 19.1 Å². The van der Waals surface area contributed by atoms with Gasteiger partial charge in [-0.25, -0.2) is 0 Å². The molecule has 0 amide bonds. The molecule has 0 radical (unpaired) electrons. The monoisotopic (exact) mass is 331 g/mol. The second-order valence-corrected chi connectivity index (χ2v) is 11.5. The Bertz CT molecular complexity index is 589. The van der Waals surface area contributed by atoms with Gasteiger partial charge in [0.05, 0.1) is 18.7 Å². The molecule has 0 fully saturated rings. The molecule has 0 saturated heterocycles. The topological polar surface area (TPSA) is 34.4 Å². The molecule has 0 spiro atoms. The van der Waals surface area contributed by atoms with Crippen LogP contribution in [0.4, 0.5) is 0 Å². The Kier molecular flexibility index (Phi) is 6.22. The molecule has 0 aliphatic heterocycles. The zero-order valence-corrected chi connectivity index (χ0v) is 15.9. The molecule has 0 bridgehead atoms. The first kappa shape index (κ1) is 18.0. The van der Waals surface area contributed by atoms with Crippen LogP contribution in [0.3, 0.4) is 0 Å². The largest absolute Gasteiger partial charge is 0.465 e. The molecule has 0 saturated carbocycles. The zero-order valence-electron chi connectivity index (χ0n) is 14.9. The third-order valence-corrected chi connectivity index (χ3v) is 4.83. The quantitative estimate of drug-likeness (QED) is 0.673. The molecule has 0 aliphatic rings. The van der Waals surface area contributed by atoms with Crippen LogP contribution < -0.4 is 5.32 Å².